The third kappa shape index (κ3) is 4.96. The van der Waals surface area contributed by atoms with Crippen LogP contribution in [0.2, 0.25) is 0 Å². The van der Waals surface area contributed by atoms with E-state index in [4.69, 9.17) is 14.5 Å². The van der Waals surface area contributed by atoms with E-state index >= 15 is 0 Å². The van der Waals surface area contributed by atoms with Gasteiger partial charge in [0.2, 0.25) is 5.91 Å². The van der Waals surface area contributed by atoms with Crippen LogP contribution in [0.1, 0.15) is 43.1 Å². The maximum absolute atomic E-state index is 13.7. The molecule has 0 spiro atoms. The lowest BCUT2D eigenvalue weighted by molar-refractivity contribution is -0.123. The Balaban J connectivity index is 1.43. The topological polar surface area (TPSA) is 98.6 Å². The molecule has 1 saturated heterocycles. The summed E-state index contributed by atoms with van der Waals surface area (Å²) in [4.78, 5) is 38.7. The molecule has 2 aromatic carbocycles. The quantitative estimate of drug-likeness (QED) is 0.348. The van der Waals surface area contributed by atoms with Crippen molar-refractivity contribution in [3.05, 3.63) is 75.8 Å². The molecular weight excluding hydrogens is 502 g/mol. The SMILES string of the molecule is COc1ccc(Cn2c(C(C)C)nc3sc(N4CCC4C(=O)NCc4ccccc4)nc3c2=O)c(OC)c1. The number of aromatic nitrogens is 3. The van der Waals surface area contributed by atoms with E-state index in [9.17, 15) is 9.59 Å². The number of rotatable bonds is 9. The van der Waals surface area contributed by atoms with Crippen molar-refractivity contribution >= 4 is 32.7 Å². The maximum Gasteiger partial charge on any atom is 0.281 e. The minimum absolute atomic E-state index is 0.0161. The highest BCUT2D eigenvalue weighted by Gasteiger charge is 2.36. The van der Waals surface area contributed by atoms with Gasteiger partial charge in [-0.05, 0) is 24.1 Å². The van der Waals surface area contributed by atoms with Gasteiger partial charge in [0.25, 0.3) is 5.56 Å². The molecule has 1 atom stereocenters. The first-order valence-corrected chi connectivity index (χ1v) is 13.4. The summed E-state index contributed by atoms with van der Waals surface area (Å²) in [5.74, 6) is 1.96. The van der Waals surface area contributed by atoms with Crippen molar-refractivity contribution in [2.45, 2.75) is 45.3 Å². The van der Waals surface area contributed by atoms with E-state index in [1.165, 1.54) is 11.3 Å². The molecule has 1 aliphatic rings. The smallest absolute Gasteiger partial charge is 0.281 e. The van der Waals surface area contributed by atoms with Gasteiger partial charge in [-0.2, -0.15) is 0 Å². The molecule has 1 N–H and O–H groups in total. The molecule has 0 radical (unpaired) electrons. The monoisotopic (exact) mass is 533 g/mol. The second kappa shape index (κ2) is 10.8. The minimum Gasteiger partial charge on any atom is -0.497 e. The van der Waals surface area contributed by atoms with Gasteiger partial charge in [0, 0.05) is 30.6 Å². The van der Waals surface area contributed by atoms with Crippen molar-refractivity contribution in [2.75, 3.05) is 25.7 Å². The largest absolute Gasteiger partial charge is 0.497 e. The number of methoxy groups -OCH3 is 2. The Morgan fingerprint density at radius 1 is 1.13 bits per heavy atom. The molecule has 1 amide bonds. The molecule has 0 aliphatic carbocycles. The average molecular weight is 534 g/mol. The maximum atomic E-state index is 13.7. The molecule has 0 saturated carbocycles. The molecule has 10 heteroatoms. The van der Waals surface area contributed by atoms with Gasteiger partial charge in [-0.1, -0.05) is 55.5 Å². The van der Waals surface area contributed by atoms with Crippen LogP contribution in [-0.4, -0.2) is 47.2 Å². The predicted octanol–water partition coefficient (Wildman–Crippen LogP) is 3.94. The minimum atomic E-state index is -0.311. The van der Waals surface area contributed by atoms with Gasteiger partial charge in [0.05, 0.1) is 20.8 Å². The Kier molecular flexibility index (Phi) is 7.33. The van der Waals surface area contributed by atoms with E-state index in [0.29, 0.717) is 52.4 Å². The summed E-state index contributed by atoms with van der Waals surface area (Å²) in [5.41, 5.74) is 2.00. The van der Waals surface area contributed by atoms with Gasteiger partial charge in [-0.15, -0.1) is 0 Å². The third-order valence-corrected chi connectivity index (χ3v) is 7.74. The van der Waals surface area contributed by atoms with E-state index in [1.54, 1.807) is 24.9 Å². The van der Waals surface area contributed by atoms with Gasteiger partial charge >= 0.3 is 0 Å². The number of ether oxygens (including phenoxy) is 2. The summed E-state index contributed by atoms with van der Waals surface area (Å²) in [7, 11) is 3.20. The normalized spacial score (nSPS) is 15.0. The molecule has 198 valence electrons. The summed E-state index contributed by atoms with van der Waals surface area (Å²) < 4.78 is 12.5. The first-order chi connectivity index (χ1) is 18.4. The molecule has 9 nitrogen and oxygen atoms in total. The summed E-state index contributed by atoms with van der Waals surface area (Å²) >= 11 is 1.36. The molecule has 1 unspecified atom stereocenters. The van der Waals surface area contributed by atoms with Crippen LogP contribution >= 0.6 is 11.3 Å². The number of benzene rings is 2. The Morgan fingerprint density at radius 3 is 2.58 bits per heavy atom. The number of nitrogens with one attached hydrogen (secondary N) is 1. The molecule has 5 rings (SSSR count). The first kappa shape index (κ1) is 25.7. The van der Waals surface area contributed by atoms with E-state index < -0.39 is 0 Å². The van der Waals surface area contributed by atoms with E-state index in [0.717, 1.165) is 17.5 Å². The van der Waals surface area contributed by atoms with Crippen LogP contribution in [0.15, 0.2) is 53.3 Å². The second-order valence-corrected chi connectivity index (χ2v) is 10.5. The van der Waals surface area contributed by atoms with Crippen LogP contribution in [0.3, 0.4) is 0 Å². The number of nitrogens with zero attached hydrogens (tertiary/aromatic N) is 4. The Hall–Kier alpha value is -3.92. The number of carbonyl (C=O) groups is 1. The zero-order valence-electron chi connectivity index (χ0n) is 21.9. The lowest BCUT2D eigenvalue weighted by atomic mass is 10.0. The molecule has 1 fully saturated rings. The lowest BCUT2D eigenvalue weighted by Crippen LogP contribution is -2.56. The van der Waals surface area contributed by atoms with Gasteiger partial charge in [-0.3, -0.25) is 14.2 Å². The molecule has 38 heavy (non-hydrogen) atoms. The van der Waals surface area contributed by atoms with Crippen molar-refractivity contribution in [1.82, 2.24) is 19.9 Å². The highest BCUT2D eigenvalue weighted by atomic mass is 32.1. The van der Waals surface area contributed by atoms with Gasteiger partial charge < -0.3 is 19.7 Å². The van der Waals surface area contributed by atoms with Crippen molar-refractivity contribution in [2.24, 2.45) is 0 Å². The van der Waals surface area contributed by atoms with Gasteiger partial charge in [0.15, 0.2) is 15.5 Å². The number of amides is 1. The van der Waals surface area contributed by atoms with Crippen LogP contribution < -0.4 is 25.2 Å². The zero-order valence-corrected chi connectivity index (χ0v) is 22.7. The molecular formula is C28H31N5O4S. The fourth-order valence-electron chi connectivity index (χ4n) is 4.57. The number of hydrogen-bond acceptors (Lipinski definition) is 8. The fraction of sp³-hybridized carbons (Fsp3) is 0.357. The zero-order chi connectivity index (χ0) is 26.8. The summed E-state index contributed by atoms with van der Waals surface area (Å²) in [6.07, 6.45) is 0.739. The van der Waals surface area contributed by atoms with E-state index in [2.05, 4.69) is 10.3 Å². The Bertz CT molecular complexity index is 1520. The number of carbonyl (C=O) groups excluding carboxylic acids is 1. The summed E-state index contributed by atoms with van der Waals surface area (Å²) in [5, 5.41) is 3.66. The standard InChI is InChI=1S/C28H31N5O4S/c1-17(2)24-31-26-23(27(35)33(24)16-19-10-11-20(36-3)14-22(19)37-4)30-28(38-26)32-13-12-21(32)25(34)29-15-18-8-6-5-7-9-18/h5-11,14,17,21H,12-13,15-16H2,1-4H3,(H,29,34). The van der Waals surface area contributed by atoms with Crippen LogP contribution in [0.4, 0.5) is 5.13 Å². The van der Waals surface area contributed by atoms with Gasteiger partial charge in [-0.25, -0.2) is 9.97 Å². The van der Waals surface area contributed by atoms with Crippen LogP contribution in [0.5, 0.6) is 11.5 Å². The number of hydrogen-bond donors (Lipinski definition) is 1. The van der Waals surface area contributed by atoms with Crippen molar-refractivity contribution in [3.63, 3.8) is 0 Å². The molecule has 4 aromatic rings. The Labute approximate surface area is 225 Å². The van der Waals surface area contributed by atoms with E-state index in [-0.39, 0.29) is 23.4 Å². The Morgan fingerprint density at radius 2 is 1.92 bits per heavy atom. The van der Waals surface area contributed by atoms with Crippen LogP contribution in [0.25, 0.3) is 10.3 Å². The highest BCUT2D eigenvalue weighted by Crippen LogP contribution is 2.33. The lowest BCUT2D eigenvalue weighted by Gasteiger charge is -2.39. The highest BCUT2D eigenvalue weighted by molar-refractivity contribution is 7.21. The first-order valence-electron chi connectivity index (χ1n) is 12.6. The number of fused-ring (bicyclic) bond motifs is 1. The molecule has 3 heterocycles. The third-order valence-electron chi connectivity index (χ3n) is 6.76. The van der Waals surface area contributed by atoms with Crippen molar-refractivity contribution < 1.29 is 14.3 Å². The molecule has 1 aliphatic heterocycles. The fourth-order valence-corrected chi connectivity index (χ4v) is 5.59. The van der Waals surface area contributed by atoms with Crippen molar-refractivity contribution in [3.8, 4) is 11.5 Å². The molecule has 2 aromatic heterocycles. The number of anilines is 1. The second-order valence-electron chi connectivity index (χ2n) is 9.55. The van der Waals surface area contributed by atoms with Crippen LogP contribution in [0, 0.1) is 0 Å². The van der Waals surface area contributed by atoms with Crippen molar-refractivity contribution in [1.29, 1.82) is 0 Å². The van der Waals surface area contributed by atoms with E-state index in [1.807, 2.05) is 61.2 Å². The average Bonchev–Trinajstić information content (AvgIpc) is 3.32. The summed E-state index contributed by atoms with van der Waals surface area (Å²) in [6.45, 7) is 5.50. The van der Waals surface area contributed by atoms with Crippen LogP contribution in [-0.2, 0) is 17.9 Å². The molecule has 0 bridgehead atoms. The predicted molar refractivity (Wildman–Crippen MR) is 148 cm³/mol. The number of thiazole rings is 1. The summed E-state index contributed by atoms with van der Waals surface area (Å²) in [6, 6.07) is 15.0. The van der Waals surface area contributed by atoms with Gasteiger partial charge in [0.1, 0.15) is 23.4 Å².